The van der Waals surface area contributed by atoms with Crippen LogP contribution in [0.1, 0.15) is 28.1 Å². The first kappa shape index (κ1) is 18.6. The van der Waals surface area contributed by atoms with E-state index in [4.69, 9.17) is 9.15 Å². The lowest BCUT2D eigenvalue weighted by Crippen LogP contribution is -2.35. The SMILES string of the molecule is COc1ccc2oc(C(=O)N3CCCN(Cc4ccccc4)CC3)c(C)c2c1. The quantitative estimate of drug-likeness (QED) is 0.686. The minimum atomic E-state index is -0.0192. The summed E-state index contributed by atoms with van der Waals surface area (Å²) in [5.41, 5.74) is 2.91. The molecule has 2 heterocycles. The topological polar surface area (TPSA) is 45.9 Å². The van der Waals surface area contributed by atoms with Crippen molar-refractivity contribution in [1.82, 2.24) is 9.80 Å². The number of aryl methyl sites for hydroxylation is 1. The Morgan fingerprint density at radius 1 is 1.07 bits per heavy atom. The lowest BCUT2D eigenvalue weighted by atomic mass is 10.1. The maximum Gasteiger partial charge on any atom is 0.289 e. The molecule has 1 amide bonds. The Kier molecular flexibility index (Phi) is 5.35. The normalized spacial score (nSPS) is 15.6. The van der Waals surface area contributed by atoms with Crippen LogP contribution in [0.2, 0.25) is 0 Å². The van der Waals surface area contributed by atoms with Crippen LogP contribution in [-0.2, 0) is 6.54 Å². The summed E-state index contributed by atoms with van der Waals surface area (Å²) in [7, 11) is 1.64. The van der Waals surface area contributed by atoms with Crippen LogP contribution in [0.4, 0.5) is 0 Å². The highest BCUT2D eigenvalue weighted by atomic mass is 16.5. The van der Waals surface area contributed by atoms with Gasteiger partial charge in [0.15, 0.2) is 5.76 Å². The van der Waals surface area contributed by atoms with E-state index in [0.717, 1.165) is 54.9 Å². The average Bonchev–Trinajstić information content (AvgIpc) is 2.89. The highest BCUT2D eigenvalue weighted by molar-refractivity contribution is 5.99. The fourth-order valence-electron chi connectivity index (χ4n) is 3.85. The fraction of sp³-hybridized carbons (Fsp3) is 0.348. The van der Waals surface area contributed by atoms with E-state index in [-0.39, 0.29) is 5.91 Å². The van der Waals surface area contributed by atoms with Gasteiger partial charge in [-0.3, -0.25) is 9.69 Å². The molecule has 28 heavy (non-hydrogen) atoms. The summed E-state index contributed by atoms with van der Waals surface area (Å²) in [6, 6.07) is 16.1. The van der Waals surface area contributed by atoms with Crippen LogP contribution in [0.3, 0.4) is 0 Å². The van der Waals surface area contributed by atoms with Gasteiger partial charge in [0.25, 0.3) is 5.91 Å². The highest BCUT2D eigenvalue weighted by Crippen LogP contribution is 2.29. The molecule has 0 radical (unpaired) electrons. The van der Waals surface area contributed by atoms with Crippen LogP contribution in [-0.4, -0.2) is 49.0 Å². The lowest BCUT2D eigenvalue weighted by molar-refractivity contribution is 0.0730. The monoisotopic (exact) mass is 378 g/mol. The molecule has 5 heteroatoms. The number of hydrogen-bond donors (Lipinski definition) is 0. The molecule has 3 aromatic rings. The average molecular weight is 378 g/mol. The standard InChI is InChI=1S/C23H26N2O3/c1-17-20-15-19(27-2)9-10-21(20)28-22(17)23(26)25-12-6-11-24(13-14-25)16-18-7-4-3-5-8-18/h3-5,7-10,15H,6,11-14,16H2,1-2H3. The molecule has 0 atom stereocenters. The van der Waals surface area contributed by atoms with Gasteiger partial charge in [0.2, 0.25) is 0 Å². The summed E-state index contributed by atoms with van der Waals surface area (Å²) < 4.78 is 11.2. The maximum absolute atomic E-state index is 13.1. The van der Waals surface area contributed by atoms with E-state index in [1.54, 1.807) is 7.11 Å². The molecule has 1 aliphatic heterocycles. The van der Waals surface area contributed by atoms with Gasteiger partial charge < -0.3 is 14.1 Å². The molecule has 1 saturated heterocycles. The van der Waals surface area contributed by atoms with Crippen molar-refractivity contribution in [3.63, 3.8) is 0 Å². The molecule has 0 aliphatic carbocycles. The Balaban J connectivity index is 1.48. The highest BCUT2D eigenvalue weighted by Gasteiger charge is 2.25. The summed E-state index contributed by atoms with van der Waals surface area (Å²) in [5.74, 6) is 1.19. The predicted molar refractivity (Wildman–Crippen MR) is 110 cm³/mol. The van der Waals surface area contributed by atoms with Crippen LogP contribution in [0, 0.1) is 6.92 Å². The first-order chi connectivity index (χ1) is 13.7. The molecular formula is C23H26N2O3. The molecule has 1 aliphatic rings. The van der Waals surface area contributed by atoms with E-state index in [0.29, 0.717) is 12.3 Å². The number of amides is 1. The smallest absolute Gasteiger partial charge is 0.289 e. The van der Waals surface area contributed by atoms with Gasteiger partial charge in [0, 0.05) is 43.7 Å². The van der Waals surface area contributed by atoms with E-state index in [2.05, 4.69) is 29.2 Å². The van der Waals surface area contributed by atoms with Gasteiger partial charge in [-0.15, -0.1) is 0 Å². The molecule has 146 valence electrons. The number of ether oxygens (including phenoxy) is 1. The number of furan rings is 1. The number of rotatable bonds is 4. The molecule has 4 rings (SSSR count). The van der Waals surface area contributed by atoms with Crippen molar-refractivity contribution in [3.05, 3.63) is 65.4 Å². The van der Waals surface area contributed by atoms with Crippen LogP contribution >= 0.6 is 0 Å². The zero-order chi connectivity index (χ0) is 19.5. The molecule has 5 nitrogen and oxygen atoms in total. The minimum Gasteiger partial charge on any atom is -0.497 e. The maximum atomic E-state index is 13.1. The number of carbonyl (C=O) groups is 1. The molecule has 0 unspecified atom stereocenters. The van der Waals surface area contributed by atoms with Crippen molar-refractivity contribution in [3.8, 4) is 5.75 Å². The van der Waals surface area contributed by atoms with Crippen LogP contribution in [0.5, 0.6) is 5.75 Å². The number of fused-ring (bicyclic) bond motifs is 1. The van der Waals surface area contributed by atoms with Crippen LogP contribution in [0.25, 0.3) is 11.0 Å². The fourth-order valence-corrected chi connectivity index (χ4v) is 3.85. The first-order valence-corrected chi connectivity index (χ1v) is 9.78. The van der Waals surface area contributed by atoms with Gasteiger partial charge in [-0.05, 0) is 37.1 Å². The molecule has 0 spiro atoms. The van der Waals surface area contributed by atoms with Crippen molar-refractivity contribution in [1.29, 1.82) is 0 Å². The van der Waals surface area contributed by atoms with Crippen molar-refractivity contribution in [2.45, 2.75) is 19.9 Å². The van der Waals surface area contributed by atoms with Crippen molar-refractivity contribution in [2.75, 3.05) is 33.3 Å². The van der Waals surface area contributed by atoms with E-state index < -0.39 is 0 Å². The summed E-state index contributed by atoms with van der Waals surface area (Å²) in [5, 5.41) is 0.934. The zero-order valence-electron chi connectivity index (χ0n) is 16.5. The second-order valence-electron chi connectivity index (χ2n) is 7.33. The number of carbonyl (C=O) groups excluding carboxylic acids is 1. The summed E-state index contributed by atoms with van der Waals surface area (Å²) >= 11 is 0. The third-order valence-electron chi connectivity index (χ3n) is 5.46. The molecule has 0 saturated carbocycles. The first-order valence-electron chi connectivity index (χ1n) is 9.78. The number of methoxy groups -OCH3 is 1. The Labute approximate surface area is 165 Å². The molecule has 1 fully saturated rings. The Hall–Kier alpha value is -2.79. The van der Waals surface area contributed by atoms with Crippen molar-refractivity contribution >= 4 is 16.9 Å². The van der Waals surface area contributed by atoms with Gasteiger partial charge in [-0.2, -0.15) is 0 Å². The summed E-state index contributed by atoms with van der Waals surface area (Å²) in [4.78, 5) is 17.5. The van der Waals surface area contributed by atoms with Crippen LogP contribution in [0.15, 0.2) is 52.9 Å². The van der Waals surface area contributed by atoms with E-state index in [9.17, 15) is 4.79 Å². The third kappa shape index (κ3) is 3.76. The minimum absolute atomic E-state index is 0.0192. The van der Waals surface area contributed by atoms with E-state index in [1.165, 1.54) is 5.56 Å². The molecule has 0 N–H and O–H groups in total. The lowest BCUT2D eigenvalue weighted by Gasteiger charge is -2.21. The summed E-state index contributed by atoms with van der Waals surface area (Å²) in [6.07, 6.45) is 0.964. The van der Waals surface area contributed by atoms with E-state index in [1.807, 2.05) is 36.1 Å². The van der Waals surface area contributed by atoms with Crippen molar-refractivity contribution < 1.29 is 13.9 Å². The largest absolute Gasteiger partial charge is 0.497 e. The number of benzene rings is 2. The third-order valence-corrected chi connectivity index (χ3v) is 5.46. The second-order valence-corrected chi connectivity index (χ2v) is 7.33. The molecular weight excluding hydrogens is 352 g/mol. The Morgan fingerprint density at radius 2 is 1.89 bits per heavy atom. The predicted octanol–water partition coefficient (Wildman–Crippen LogP) is 4.10. The van der Waals surface area contributed by atoms with Gasteiger partial charge in [-0.1, -0.05) is 30.3 Å². The zero-order valence-corrected chi connectivity index (χ0v) is 16.5. The molecule has 1 aromatic heterocycles. The van der Waals surface area contributed by atoms with Crippen molar-refractivity contribution in [2.24, 2.45) is 0 Å². The van der Waals surface area contributed by atoms with Gasteiger partial charge in [0.05, 0.1) is 7.11 Å². The molecule has 2 aromatic carbocycles. The Bertz CT molecular complexity index is 965. The second kappa shape index (κ2) is 8.07. The van der Waals surface area contributed by atoms with E-state index >= 15 is 0 Å². The number of nitrogens with zero attached hydrogens (tertiary/aromatic N) is 2. The molecule has 0 bridgehead atoms. The van der Waals surface area contributed by atoms with Gasteiger partial charge >= 0.3 is 0 Å². The van der Waals surface area contributed by atoms with Gasteiger partial charge in [-0.25, -0.2) is 0 Å². The number of hydrogen-bond acceptors (Lipinski definition) is 4. The Morgan fingerprint density at radius 3 is 2.68 bits per heavy atom. The summed E-state index contributed by atoms with van der Waals surface area (Å²) in [6.45, 7) is 6.20. The van der Waals surface area contributed by atoms with Crippen LogP contribution < -0.4 is 4.74 Å². The van der Waals surface area contributed by atoms with Gasteiger partial charge in [0.1, 0.15) is 11.3 Å².